The minimum absolute atomic E-state index is 0.205. The van der Waals surface area contributed by atoms with Gasteiger partial charge in [-0.3, -0.25) is 4.79 Å². The third kappa shape index (κ3) is 4.63. The highest BCUT2D eigenvalue weighted by Gasteiger charge is 2.02. The summed E-state index contributed by atoms with van der Waals surface area (Å²) in [6.45, 7) is 5.99. The summed E-state index contributed by atoms with van der Waals surface area (Å²) in [5, 5.41) is 3.71. The summed E-state index contributed by atoms with van der Waals surface area (Å²) in [5.74, 6) is -0.205. The number of carbonyl (C=O) groups excluding carboxylic acids is 1. The maximum Gasteiger partial charge on any atom is 0.244 e. The molecule has 90 valence electrons. The first kappa shape index (κ1) is 13.8. The van der Waals surface area contributed by atoms with Crippen LogP contribution in [0.4, 0.5) is 0 Å². The number of halogens is 2. The number of amides is 1. The molecule has 0 atom stereocenters. The fraction of sp³-hybridized carbons (Fsp3) is 0.154. The first-order valence-corrected chi connectivity index (χ1v) is 5.80. The largest absolute Gasteiger partial charge is 0.349 e. The van der Waals surface area contributed by atoms with Gasteiger partial charge in [-0.1, -0.05) is 41.4 Å². The highest BCUT2D eigenvalue weighted by atomic mass is 35.5. The minimum atomic E-state index is -0.205. The lowest BCUT2D eigenvalue weighted by Crippen LogP contribution is -2.22. The summed E-state index contributed by atoms with van der Waals surface area (Å²) in [6, 6.07) is 5.20. The maximum atomic E-state index is 11.4. The van der Waals surface area contributed by atoms with E-state index in [4.69, 9.17) is 23.2 Å². The van der Waals surface area contributed by atoms with Crippen molar-refractivity contribution in [3.63, 3.8) is 0 Å². The maximum absolute atomic E-state index is 11.4. The Morgan fingerprint density at radius 3 is 2.53 bits per heavy atom. The van der Waals surface area contributed by atoms with Gasteiger partial charge < -0.3 is 5.32 Å². The van der Waals surface area contributed by atoms with Crippen molar-refractivity contribution in [3.05, 3.63) is 52.0 Å². The number of carbonyl (C=O) groups is 1. The van der Waals surface area contributed by atoms with E-state index in [1.165, 1.54) is 6.08 Å². The van der Waals surface area contributed by atoms with E-state index in [1.807, 2.05) is 6.92 Å². The van der Waals surface area contributed by atoms with Gasteiger partial charge in [-0.25, -0.2) is 0 Å². The van der Waals surface area contributed by atoms with Crippen LogP contribution in [-0.2, 0) is 4.79 Å². The molecule has 0 bridgehead atoms. The van der Waals surface area contributed by atoms with Gasteiger partial charge in [0.05, 0.1) is 0 Å². The molecule has 1 aromatic rings. The van der Waals surface area contributed by atoms with Crippen molar-refractivity contribution >= 4 is 35.2 Å². The molecule has 4 heteroatoms. The molecule has 1 rings (SSSR count). The van der Waals surface area contributed by atoms with Crippen LogP contribution in [0.15, 0.2) is 36.4 Å². The van der Waals surface area contributed by atoms with Gasteiger partial charge in [0.15, 0.2) is 0 Å². The Labute approximate surface area is 111 Å². The molecular weight excluding hydrogens is 257 g/mol. The van der Waals surface area contributed by atoms with Crippen LogP contribution in [0.5, 0.6) is 0 Å². The minimum Gasteiger partial charge on any atom is -0.349 e. The van der Waals surface area contributed by atoms with E-state index < -0.39 is 0 Å². The van der Waals surface area contributed by atoms with E-state index in [1.54, 1.807) is 24.3 Å². The zero-order valence-corrected chi connectivity index (χ0v) is 11.0. The Kier molecular flexibility index (Phi) is 5.26. The van der Waals surface area contributed by atoms with E-state index in [9.17, 15) is 4.79 Å². The Morgan fingerprint density at radius 2 is 2.00 bits per heavy atom. The van der Waals surface area contributed by atoms with E-state index in [-0.39, 0.29) is 5.91 Å². The molecule has 0 fully saturated rings. The Balaban J connectivity index is 2.70. The summed E-state index contributed by atoms with van der Waals surface area (Å²) in [6.07, 6.45) is 2.99. The first-order chi connectivity index (χ1) is 8.00. The van der Waals surface area contributed by atoms with Gasteiger partial charge in [-0.05, 0) is 25.1 Å². The van der Waals surface area contributed by atoms with Crippen LogP contribution in [0.25, 0.3) is 6.08 Å². The van der Waals surface area contributed by atoms with Crippen LogP contribution in [0.2, 0.25) is 10.0 Å². The summed E-state index contributed by atoms with van der Waals surface area (Å²) >= 11 is 11.9. The average molecular weight is 270 g/mol. The molecule has 0 aromatic heterocycles. The van der Waals surface area contributed by atoms with Crippen LogP contribution in [0.3, 0.4) is 0 Å². The molecule has 1 aromatic carbocycles. The number of hydrogen-bond acceptors (Lipinski definition) is 1. The quantitative estimate of drug-likeness (QED) is 0.656. The van der Waals surface area contributed by atoms with Gasteiger partial charge >= 0.3 is 0 Å². The SMILES string of the molecule is C=C(C)CNC(=O)/C=C/c1c(Cl)cccc1Cl. The number of nitrogens with one attached hydrogen (secondary N) is 1. The molecule has 2 nitrogen and oxygen atoms in total. The lowest BCUT2D eigenvalue weighted by Gasteiger charge is -2.02. The lowest BCUT2D eigenvalue weighted by molar-refractivity contribution is -0.116. The van der Waals surface area contributed by atoms with E-state index >= 15 is 0 Å². The van der Waals surface area contributed by atoms with Crippen molar-refractivity contribution < 1.29 is 4.79 Å². The molecule has 0 unspecified atom stereocenters. The van der Waals surface area contributed by atoms with E-state index in [0.717, 1.165) is 5.57 Å². The third-order valence-electron chi connectivity index (χ3n) is 1.97. The first-order valence-electron chi connectivity index (χ1n) is 5.05. The van der Waals surface area contributed by atoms with Gasteiger partial charge in [0.25, 0.3) is 0 Å². The molecule has 0 saturated carbocycles. The molecule has 0 saturated heterocycles. The zero-order valence-electron chi connectivity index (χ0n) is 9.47. The molecule has 0 heterocycles. The molecule has 1 N–H and O–H groups in total. The molecule has 17 heavy (non-hydrogen) atoms. The normalized spacial score (nSPS) is 10.5. The van der Waals surface area contributed by atoms with Crippen molar-refractivity contribution in [2.24, 2.45) is 0 Å². The molecule has 0 aliphatic heterocycles. The Hall–Kier alpha value is -1.25. The highest BCUT2D eigenvalue weighted by Crippen LogP contribution is 2.25. The second-order valence-corrected chi connectivity index (χ2v) is 4.46. The summed E-state index contributed by atoms with van der Waals surface area (Å²) in [5.41, 5.74) is 1.53. The van der Waals surface area contributed by atoms with Gasteiger partial charge in [0, 0.05) is 28.2 Å². The Morgan fingerprint density at radius 1 is 1.41 bits per heavy atom. The predicted molar refractivity (Wildman–Crippen MR) is 73.3 cm³/mol. The monoisotopic (exact) mass is 269 g/mol. The van der Waals surface area contributed by atoms with Crippen molar-refractivity contribution in [2.45, 2.75) is 6.92 Å². The van der Waals surface area contributed by atoms with Crippen LogP contribution in [-0.4, -0.2) is 12.5 Å². The van der Waals surface area contributed by atoms with Crippen molar-refractivity contribution in [1.82, 2.24) is 5.32 Å². The summed E-state index contributed by atoms with van der Waals surface area (Å²) in [4.78, 5) is 11.4. The van der Waals surface area contributed by atoms with Crippen molar-refractivity contribution in [3.8, 4) is 0 Å². The zero-order chi connectivity index (χ0) is 12.8. The van der Waals surface area contributed by atoms with E-state index in [0.29, 0.717) is 22.2 Å². The molecule has 0 spiro atoms. The fourth-order valence-electron chi connectivity index (χ4n) is 1.13. The van der Waals surface area contributed by atoms with Gasteiger partial charge in [-0.2, -0.15) is 0 Å². The molecular formula is C13H13Cl2NO. The second-order valence-electron chi connectivity index (χ2n) is 3.64. The summed E-state index contributed by atoms with van der Waals surface area (Å²) < 4.78 is 0. The number of benzene rings is 1. The molecule has 0 radical (unpaired) electrons. The lowest BCUT2D eigenvalue weighted by atomic mass is 10.2. The average Bonchev–Trinajstić information content (AvgIpc) is 2.25. The highest BCUT2D eigenvalue weighted by molar-refractivity contribution is 6.37. The molecule has 0 aliphatic carbocycles. The van der Waals surface area contributed by atoms with Crippen LogP contribution in [0.1, 0.15) is 12.5 Å². The number of rotatable bonds is 4. The Bertz CT molecular complexity index is 446. The van der Waals surface area contributed by atoms with Crippen molar-refractivity contribution in [1.29, 1.82) is 0 Å². The molecule has 1 amide bonds. The van der Waals surface area contributed by atoms with Gasteiger partial charge in [0.2, 0.25) is 5.91 Å². The fourth-order valence-corrected chi connectivity index (χ4v) is 1.65. The summed E-state index contributed by atoms with van der Waals surface area (Å²) in [7, 11) is 0. The van der Waals surface area contributed by atoms with Crippen LogP contribution in [0, 0.1) is 0 Å². The second kappa shape index (κ2) is 6.48. The molecule has 0 aliphatic rings. The van der Waals surface area contributed by atoms with Gasteiger partial charge in [0.1, 0.15) is 0 Å². The topological polar surface area (TPSA) is 29.1 Å². The predicted octanol–water partition coefficient (Wildman–Crippen LogP) is 3.70. The standard InChI is InChI=1S/C13H13Cl2NO/c1-9(2)8-16-13(17)7-6-10-11(14)4-3-5-12(10)15/h3-7H,1,8H2,2H3,(H,16,17)/b7-6+. The number of hydrogen-bond donors (Lipinski definition) is 1. The van der Waals surface area contributed by atoms with Gasteiger partial charge in [-0.15, -0.1) is 0 Å². The third-order valence-corrected chi connectivity index (χ3v) is 2.62. The smallest absolute Gasteiger partial charge is 0.244 e. The van der Waals surface area contributed by atoms with Crippen LogP contribution >= 0.6 is 23.2 Å². The van der Waals surface area contributed by atoms with Crippen LogP contribution < -0.4 is 5.32 Å². The van der Waals surface area contributed by atoms with Crippen molar-refractivity contribution in [2.75, 3.05) is 6.54 Å². The van der Waals surface area contributed by atoms with E-state index in [2.05, 4.69) is 11.9 Å².